The number of hydrogen-bond acceptors (Lipinski definition) is 4. The molecular weight excluding hydrogens is 310 g/mol. The van der Waals surface area contributed by atoms with E-state index >= 15 is 0 Å². The number of piperidine rings is 2. The summed E-state index contributed by atoms with van der Waals surface area (Å²) in [5, 5.41) is 8.48. The topological polar surface area (TPSA) is 61.4 Å². The summed E-state index contributed by atoms with van der Waals surface area (Å²) >= 11 is 1.44. The van der Waals surface area contributed by atoms with E-state index in [4.69, 9.17) is 0 Å². The Morgan fingerprint density at radius 3 is 2.91 bits per heavy atom. The Morgan fingerprint density at radius 2 is 2.17 bits per heavy atom. The van der Waals surface area contributed by atoms with Crippen LogP contribution in [0.1, 0.15) is 48.7 Å². The molecule has 2 fully saturated rings. The van der Waals surface area contributed by atoms with Crippen LogP contribution in [0.2, 0.25) is 0 Å². The van der Waals surface area contributed by atoms with Gasteiger partial charge in [-0.3, -0.25) is 9.59 Å². The zero-order valence-electron chi connectivity index (χ0n) is 13.6. The van der Waals surface area contributed by atoms with Gasteiger partial charge in [-0.2, -0.15) is 0 Å². The molecule has 0 spiro atoms. The zero-order chi connectivity index (χ0) is 16.2. The maximum absolute atomic E-state index is 12.8. The van der Waals surface area contributed by atoms with Crippen LogP contribution in [0, 0.1) is 0 Å². The molecule has 126 valence electrons. The highest BCUT2D eigenvalue weighted by atomic mass is 32.1. The number of likely N-dealkylation sites (tertiary alicyclic amines) is 1. The van der Waals surface area contributed by atoms with Gasteiger partial charge in [-0.1, -0.05) is 6.07 Å². The second-order valence-electron chi connectivity index (χ2n) is 6.49. The predicted octanol–water partition coefficient (Wildman–Crippen LogP) is 2.00. The van der Waals surface area contributed by atoms with Crippen LogP contribution in [-0.4, -0.2) is 47.9 Å². The first-order valence-corrected chi connectivity index (χ1v) is 9.43. The Morgan fingerprint density at radius 1 is 1.30 bits per heavy atom. The van der Waals surface area contributed by atoms with E-state index in [2.05, 4.69) is 17.6 Å². The number of nitrogens with one attached hydrogen (secondary N) is 2. The van der Waals surface area contributed by atoms with Crippen molar-refractivity contribution in [2.45, 2.75) is 57.2 Å². The summed E-state index contributed by atoms with van der Waals surface area (Å²) in [5.41, 5.74) is 0. The zero-order valence-corrected chi connectivity index (χ0v) is 14.4. The molecule has 0 aromatic carbocycles. The minimum atomic E-state index is -0.326. The quantitative estimate of drug-likeness (QED) is 0.888. The smallest absolute Gasteiger partial charge is 0.264 e. The van der Waals surface area contributed by atoms with Crippen molar-refractivity contribution in [3.05, 3.63) is 22.4 Å². The summed E-state index contributed by atoms with van der Waals surface area (Å²) in [4.78, 5) is 27.9. The largest absolute Gasteiger partial charge is 0.350 e. The molecule has 3 atom stereocenters. The molecule has 23 heavy (non-hydrogen) atoms. The molecule has 0 radical (unpaired) electrons. The van der Waals surface area contributed by atoms with Crippen molar-refractivity contribution >= 4 is 23.2 Å². The second kappa shape index (κ2) is 7.45. The molecule has 0 saturated carbocycles. The highest BCUT2D eigenvalue weighted by Gasteiger charge is 2.34. The van der Waals surface area contributed by atoms with Gasteiger partial charge >= 0.3 is 0 Å². The maximum Gasteiger partial charge on any atom is 0.264 e. The van der Waals surface area contributed by atoms with E-state index in [0.717, 1.165) is 43.5 Å². The van der Waals surface area contributed by atoms with Crippen LogP contribution in [0.3, 0.4) is 0 Å². The van der Waals surface area contributed by atoms with Crippen LogP contribution in [-0.2, 0) is 4.79 Å². The second-order valence-corrected chi connectivity index (χ2v) is 7.44. The van der Waals surface area contributed by atoms with Crippen LogP contribution in [0.5, 0.6) is 0 Å². The van der Waals surface area contributed by atoms with E-state index in [1.165, 1.54) is 11.3 Å². The van der Waals surface area contributed by atoms with Crippen molar-refractivity contribution < 1.29 is 9.59 Å². The Labute approximate surface area is 141 Å². The van der Waals surface area contributed by atoms with E-state index in [1.54, 1.807) is 4.90 Å². The molecule has 6 heteroatoms. The van der Waals surface area contributed by atoms with Gasteiger partial charge in [0, 0.05) is 18.6 Å². The van der Waals surface area contributed by atoms with Gasteiger partial charge in [0.05, 0.1) is 4.88 Å². The lowest BCUT2D eigenvalue weighted by Gasteiger charge is -2.37. The molecule has 2 N–H and O–H groups in total. The number of carbonyl (C=O) groups excluding carboxylic acids is 2. The third-order valence-corrected chi connectivity index (χ3v) is 5.75. The molecule has 2 aliphatic heterocycles. The Kier molecular flexibility index (Phi) is 5.33. The van der Waals surface area contributed by atoms with Gasteiger partial charge < -0.3 is 15.5 Å². The van der Waals surface area contributed by atoms with E-state index in [9.17, 15) is 9.59 Å². The molecule has 2 aliphatic rings. The van der Waals surface area contributed by atoms with Gasteiger partial charge in [0.15, 0.2) is 0 Å². The lowest BCUT2D eigenvalue weighted by Crippen LogP contribution is -2.58. The van der Waals surface area contributed by atoms with Gasteiger partial charge in [0.25, 0.3) is 5.91 Å². The molecule has 5 nitrogen and oxygen atoms in total. The Balaban J connectivity index is 1.68. The minimum absolute atomic E-state index is 0.00494. The molecule has 0 aliphatic carbocycles. The van der Waals surface area contributed by atoms with Crippen molar-refractivity contribution in [2.24, 2.45) is 0 Å². The van der Waals surface area contributed by atoms with Gasteiger partial charge in [0.1, 0.15) is 6.04 Å². The van der Waals surface area contributed by atoms with E-state index in [0.29, 0.717) is 6.54 Å². The standard InChI is InChI=1S/C17H25N3O2S/c1-12-13(6-4-9-18-12)19-16(21)14-7-2-3-10-20(14)17(22)15-8-5-11-23-15/h5,8,11-14,18H,2-4,6-7,9-10H2,1H3,(H,19,21). The third-order valence-electron chi connectivity index (χ3n) is 4.89. The van der Waals surface area contributed by atoms with Gasteiger partial charge in [0.2, 0.25) is 5.91 Å². The SMILES string of the molecule is CC1NCCCC1NC(=O)C1CCCCN1C(=O)c1cccs1. The van der Waals surface area contributed by atoms with Crippen LogP contribution >= 0.6 is 11.3 Å². The predicted molar refractivity (Wildman–Crippen MR) is 91.6 cm³/mol. The Bertz CT molecular complexity index is 546. The van der Waals surface area contributed by atoms with Gasteiger partial charge in [-0.15, -0.1) is 11.3 Å². The van der Waals surface area contributed by atoms with Crippen LogP contribution in [0.4, 0.5) is 0 Å². The number of carbonyl (C=O) groups is 2. The average Bonchev–Trinajstić information content (AvgIpc) is 3.11. The fourth-order valence-electron chi connectivity index (χ4n) is 3.51. The molecule has 2 amide bonds. The van der Waals surface area contributed by atoms with Crippen molar-refractivity contribution in [3.8, 4) is 0 Å². The molecule has 0 bridgehead atoms. The lowest BCUT2D eigenvalue weighted by molar-refractivity contribution is -0.127. The first kappa shape index (κ1) is 16.5. The monoisotopic (exact) mass is 335 g/mol. The fourth-order valence-corrected chi connectivity index (χ4v) is 4.19. The van der Waals surface area contributed by atoms with Crippen molar-refractivity contribution in [3.63, 3.8) is 0 Å². The highest BCUT2D eigenvalue weighted by Crippen LogP contribution is 2.22. The first-order valence-electron chi connectivity index (χ1n) is 8.55. The van der Waals surface area contributed by atoms with E-state index in [-0.39, 0.29) is 29.9 Å². The van der Waals surface area contributed by atoms with Crippen LogP contribution in [0.15, 0.2) is 17.5 Å². The molecule has 3 rings (SSSR count). The Hall–Kier alpha value is -1.40. The molecule has 3 unspecified atom stereocenters. The normalized spacial score (nSPS) is 28.4. The van der Waals surface area contributed by atoms with E-state index in [1.807, 2.05) is 17.5 Å². The van der Waals surface area contributed by atoms with Crippen molar-refractivity contribution in [1.29, 1.82) is 0 Å². The lowest BCUT2D eigenvalue weighted by atomic mass is 9.97. The van der Waals surface area contributed by atoms with Crippen molar-refractivity contribution in [1.82, 2.24) is 15.5 Å². The molecule has 1 aromatic heterocycles. The summed E-state index contributed by atoms with van der Waals surface area (Å²) in [6, 6.07) is 3.85. The van der Waals surface area contributed by atoms with Gasteiger partial charge in [-0.05, 0) is 57.0 Å². The molecular formula is C17H25N3O2S. The molecule has 2 saturated heterocycles. The highest BCUT2D eigenvalue weighted by molar-refractivity contribution is 7.12. The number of hydrogen-bond donors (Lipinski definition) is 2. The number of thiophene rings is 1. The van der Waals surface area contributed by atoms with E-state index < -0.39 is 0 Å². The maximum atomic E-state index is 12.8. The van der Waals surface area contributed by atoms with Gasteiger partial charge in [-0.25, -0.2) is 0 Å². The number of rotatable bonds is 3. The summed E-state index contributed by atoms with van der Waals surface area (Å²) in [6.45, 7) is 3.80. The fraction of sp³-hybridized carbons (Fsp3) is 0.647. The summed E-state index contributed by atoms with van der Waals surface area (Å²) in [5.74, 6) is 0.00447. The first-order chi connectivity index (χ1) is 11.2. The number of amides is 2. The van der Waals surface area contributed by atoms with Crippen LogP contribution < -0.4 is 10.6 Å². The minimum Gasteiger partial charge on any atom is -0.350 e. The summed E-state index contributed by atoms with van der Waals surface area (Å²) in [6.07, 6.45) is 4.83. The van der Waals surface area contributed by atoms with Crippen LogP contribution in [0.25, 0.3) is 0 Å². The summed E-state index contributed by atoms with van der Waals surface area (Å²) < 4.78 is 0. The third kappa shape index (κ3) is 3.75. The average molecular weight is 335 g/mol. The molecule has 1 aromatic rings. The number of nitrogens with zero attached hydrogens (tertiary/aromatic N) is 1. The summed E-state index contributed by atoms with van der Waals surface area (Å²) in [7, 11) is 0. The van der Waals surface area contributed by atoms with Crippen molar-refractivity contribution in [2.75, 3.05) is 13.1 Å². The molecule has 3 heterocycles.